The van der Waals surface area contributed by atoms with E-state index in [0.717, 1.165) is 44.7 Å². The number of aromatic nitrogens is 4. The van der Waals surface area contributed by atoms with Crippen molar-refractivity contribution in [3.05, 3.63) is 105 Å². The summed E-state index contributed by atoms with van der Waals surface area (Å²) in [5.74, 6) is 0.0209. The Morgan fingerprint density at radius 2 is 1.92 bits per heavy atom. The van der Waals surface area contributed by atoms with Gasteiger partial charge in [0.2, 0.25) is 0 Å². The van der Waals surface area contributed by atoms with E-state index in [4.69, 9.17) is 0 Å². The highest BCUT2D eigenvalue weighted by atomic mass is 16.3. The van der Waals surface area contributed by atoms with Crippen LogP contribution in [0.2, 0.25) is 0 Å². The number of aromatic hydroxyl groups is 1. The second kappa shape index (κ2) is 9.48. The Balaban J connectivity index is 1.26. The van der Waals surface area contributed by atoms with Gasteiger partial charge in [-0.25, -0.2) is 4.98 Å². The summed E-state index contributed by atoms with van der Waals surface area (Å²) in [6.07, 6.45) is 6.04. The zero-order chi connectivity index (χ0) is 25.5. The summed E-state index contributed by atoms with van der Waals surface area (Å²) in [4.78, 5) is 24.7. The van der Waals surface area contributed by atoms with E-state index >= 15 is 0 Å². The average molecular weight is 494 g/mol. The first-order valence-corrected chi connectivity index (χ1v) is 12.9. The van der Waals surface area contributed by atoms with Crippen molar-refractivity contribution in [2.24, 2.45) is 0 Å². The molecule has 0 spiro atoms. The first-order chi connectivity index (χ1) is 18.0. The second-order valence-electron chi connectivity index (χ2n) is 10.0. The molecule has 188 valence electrons. The largest absolute Gasteiger partial charge is 0.504 e. The molecule has 5 aromatic rings. The normalized spacial score (nSPS) is 13.9. The molecular weight excluding hydrogens is 462 g/mol. The lowest BCUT2D eigenvalue weighted by Crippen LogP contribution is -2.34. The van der Waals surface area contributed by atoms with Gasteiger partial charge in [0.15, 0.2) is 11.4 Å². The Hall–Kier alpha value is -3.97. The number of fused-ring (bicyclic) bond motifs is 4. The summed E-state index contributed by atoms with van der Waals surface area (Å²) >= 11 is 0. The van der Waals surface area contributed by atoms with E-state index in [0.29, 0.717) is 23.3 Å². The Bertz CT molecular complexity index is 1670. The molecule has 37 heavy (non-hydrogen) atoms. The fraction of sp³-hybridized carbons (Fsp3) is 0.300. The van der Waals surface area contributed by atoms with E-state index in [1.165, 1.54) is 32.1 Å². The molecule has 0 atom stereocenters. The fourth-order valence-corrected chi connectivity index (χ4v) is 5.69. The van der Waals surface area contributed by atoms with Crippen LogP contribution in [0.25, 0.3) is 16.6 Å². The van der Waals surface area contributed by atoms with Crippen LogP contribution in [0.5, 0.6) is 5.75 Å². The summed E-state index contributed by atoms with van der Waals surface area (Å²) in [7, 11) is 0. The molecular formula is C30H31N5O2. The summed E-state index contributed by atoms with van der Waals surface area (Å²) in [6.45, 7) is 7.53. The SMILES string of the molecule is Cc1ccc2c(c1)c1c(n2CCc2ccccn2)CCN(CCc2c(C)nc3c(O)cccn3c2=O)C1. The second-order valence-corrected chi connectivity index (χ2v) is 10.0. The minimum atomic E-state index is -0.0992. The quantitative estimate of drug-likeness (QED) is 0.384. The Morgan fingerprint density at radius 1 is 1.03 bits per heavy atom. The van der Waals surface area contributed by atoms with Gasteiger partial charge in [-0.05, 0) is 62.2 Å². The van der Waals surface area contributed by atoms with Crippen LogP contribution in [0, 0.1) is 13.8 Å². The van der Waals surface area contributed by atoms with E-state index in [1.807, 2.05) is 25.3 Å². The number of nitrogens with zero attached hydrogens (tertiary/aromatic N) is 5. The van der Waals surface area contributed by atoms with Crippen LogP contribution in [0.15, 0.2) is 65.7 Å². The molecule has 0 bridgehead atoms. The number of hydrogen-bond donors (Lipinski definition) is 1. The van der Waals surface area contributed by atoms with Gasteiger partial charge in [-0.1, -0.05) is 17.7 Å². The molecule has 5 heterocycles. The van der Waals surface area contributed by atoms with Crippen molar-refractivity contribution >= 4 is 16.6 Å². The van der Waals surface area contributed by atoms with Gasteiger partial charge < -0.3 is 9.67 Å². The minimum absolute atomic E-state index is 0.0209. The maximum absolute atomic E-state index is 13.2. The highest BCUT2D eigenvalue weighted by molar-refractivity contribution is 5.86. The van der Waals surface area contributed by atoms with Crippen LogP contribution >= 0.6 is 0 Å². The zero-order valence-electron chi connectivity index (χ0n) is 21.3. The molecule has 1 N–H and O–H groups in total. The highest BCUT2D eigenvalue weighted by Crippen LogP contribution is 2.32. The maximum atomic E-state index is 13.2. The number of hydrogen-bond acceptors (Lipinski definition) is 5. The van der Waals surface area contributed by atoms with E-state index in [-0.39, 0.29) is 11.3 Å². The van der Waals surface area contributed by atoms with Crippen molar-refractivity contribution in [3.63, 3.8) is 0 Å². The van der Waals surface area contributed by atoms with E-state index in [9.17, 15) is 9.90 Å². The molecule has 0 amide bonds. The third kappa shape index (κ3) is 4.29. The Morgan fingerprint density at radius 3 is 2.76 bits per heavy atom. The molecule has 0 aliphatic carbocycles. The van der Waals surface area contributed by atoms with Gasteiger partial charge in [0.25, 0.3) is 5.56 Å². The van der Waals surface area contributed by atoms with Crippen molar-refractivity contribution in [3.8, 4) is 5.75 Å². The number of aryl methyl sites for hydroxylation is 4. The molecule has 1 aliphatic rings. The first-order valence-electron chi connectivity index (χ1n) is 12.9. The zero-order valence-corrected chi connectivity index (χ0v) is 21.3. The van der Waals surface area contributed by atoms with E-state index in [1.54, 1.807) is 18.3 Å². The van der Waals surface area contributed by atoms with E-state index < -0.39 is 0 Å². The van der Waals surface area contributed by atoms with E-state index in [2.05, 4.69) is 50.6 Å². The summed E-state index contributed by atoms with van der Waals surface area (Å²) < 4.78 is 3.94. The van der Waals surface area contributed by atoms with Crippen LogP contribution in [0.1, 0.15) is 33.8 Å². The predicted molar refractivity (Wildman–Crippen MR) is 145 cm³/mol. The van der Waals surface area contributed by atoms with Gasteiger partial charge in [-0.15, -0.1) is 0 Å². The number of pyridine rings is 2. The smallest absolute Gasteiger partial charge is 0.261 e. The highest BCUT2D eigenvalue weighted by Gasteiger charge is 2.24. The molecule has 0 fully saturated rings. The molecule has 0 unspecified atom stereocenters. The maximum Gasteiger partial charge on any atom is 0.261 e. The molecule has 6 rings (SSSR count). The monoisotopic (exact) mass is 493 g/mol. The van der Waals surface area contributed by atoms with Gasteiger partial charge in [-0.3, -0.25) is 19.1 Å². The van der Waals surface area contributed by atoms with Gasteiger partial charge >= 0.3 is 0 Å². The van der Waals surface area contributed by atoms with Crippen LogP contribution < -0.4 is 5.56 Å². The fourth-order valence-electron chi connectivity index (χ4n) is 5.69. The Kier molecular flexibility index (Phi) is 6.00. The van der Waals surface area contributed by atoms with Gasteiger partial charge in [-0.2, -0.15) is 0 Å². The lowest BCUT2D eigenvalue weighted by Gasteiger charge is -2.28. The summed E-state index contributed by atoms with van der Waals surface area (Å²) in [5.41, 5.74) is 8.11. The standard InChI is InChI=1S/C30H31N5O2/c1-20-8-9-26-24(18-20)25-19-33(16-12-27(25)34(26)17-10-22-6-3-4-13-31-22)15-11-23-21(2)32-29-28(36)7-5-14-35(29)30(23)37/h3-9,13-14,18,36H,10-12,15-17,19H2,1-2H3. The van der Waals surface area contributed by atoms with Crippen molar-refractivity contribution in [1.82, 2.24) is 23.8 Å². The van der Waals surface area contributed by atoms with Crippen LogP contribution in [0.3, 0.4) is 0 Å². The van der Waals surface area contributed by atoms with Gasteiger partial charge in [0, 0.05) is 85.0 Å². The third-order valence-electron chi connectivity index (χ3n) is 7.62. The molecule has 0 radical (unpaired) electrons. The first kappa shape index (κ1) is 23.4. The number of benzene rings is 1. The van der Waals surface area contributed by atoms with Gasteiger partial charge in [0.1, 0.15) is 0 Å². The Labute approximate surface area is 215 Å². The molecule has 0 saturated heterocycles. The third-order valence-corrected chi connectivity index (χ3v) is 7.62. The predicted octanol–water partition coefficient (Wildman–Crippen LogP) is 4.21. The number of rotatable bonds is 6. The van der Waals surface area contributed by atoms with Crippen molar-refractivity contribution in [1.29, 1.82) is 0 Å². The van der Waals surface area contributed by atoms with Crippen LogP contribution in [-0.2, 0) is 32.4 Å². The summed E-state index contributed by atoms with van der Waals surface area (Å²) in [5, 5.41) is 11.4. The molecule has 1 aliphatic heterocycles. The van der Waals surface area contributed by atoms with Crippen molar-refractivity contribution in [2.75, 3.05) is 13.1 Å². The van der Waals surface area contributed by atoms with Gasteiger partial charge in [0.05, 0.1) is 0 Å². The molecule has 4 aromatic heterocycles. The lowest BCUT2D eigenvalue weighted by molar-refractivity contribution is 0.254. The lowest BCUT2D eigenvalue weighted by atomic mass is 10.0. The topological polar surface area (TPSA) is 75.7 Å². The molecule has 7 heteroatoms. The van der Waals surface area contributed by atoms with Crippen molar-refractivity contribution in [2.45, 2.75) is 46.2 Å². The van der Waals surface area contributed by atoms with Crippen LogP contribution in [0.4, 0.5) is 0 Å². The van der Waals surface area contributed by atoms with Crippen LogP contribution in [-0.4, -0.2) is 42.0 Å². The summed E-state index contributed by atoms with van der Waals surface area (Å²) in [6, 6.07) is 16.1. The molecule has 7 nitrogen and oxygen atoms in total. The van der Waals surface area contributed by atoms with Crippen molar-refractivity contribution < 1.29 is 5.11 Å². The molecule has 1 aromatic carbocycles. The molecule has 0 saturated carbocycles. The minimum Gasteiger partial charge on any atom is -0.504 e. The average Bonchev–Trinajstić information content (AvgIpc) is 3.20.